The molecule has 1 aliphatic rings. The van der Waals surface area contributed by atoms with Gasteiger partial charge in [-0.2, -0.15) is 0 Å². The second-order valence-corrected chi connectivity index (χ2v) is 4.69. The first-order valence-corrected chi connectivity index (χ1v) is 6.38. The second kappa shape index (κ2) is 7.33. The van der Waals surface area contributed by atoms with E-state index >= 15 is 0 Å². The average molecular weight is 257 g/mol. The number of amides is 2. The van der Waals surface area contributed by atoms with Crippen molar-refractivity contribution in [3.8, 4) is 0 Å². The minimum atomic E-state index is -0.495. The zero-order chi connectivity index (χ0) is 13.5. The second-order valence-electron chi connectivity index (χ2n) is 4.69. The number of hydrogen-bond acceptors (Lipinski definition) is 4. The maximum absolute atomic E-state index is 12.0. The summed E-state index contributed by atoms with van der Waals surface area (Å²) in [5.41, 5.74) is 0. The maximum atomic E-state index is 12.0. The van der Waals surface area contributed by atoms with Crippen LogP contribution in [0, 0.1) is 0 Å². The molecule has 0 aliphatic carbocycles. The standard InChI is InChI=1S/C12H23N3O3/c1-9(2)14-12(17)10-8-18-7-6-15(10)11(16)4-5-13-3/h9-10,13H,4-8H2,1-3H3,(H,14,17). The van der Waals surface area contributed by atoms with E-state index in [-0.39, 0.29) is 24.5 Å². The number of ether oxygens (including phenoxy) is 1. The van der Waals surface area contributed by atoms with Gasteiger partial charge in [-0.1, -0.05) is 0 Å². The number of carbonyl (C=O) groups excluding carboxylic acids is 2. The van der Waals surface area contributed by atoms with E-state index in [1.165, 1.54) is 0 Å². The maximum Gasteiger partial charge on any atom is 0.245 e. The van der Waals surface area contributed by atoms with Gasteiger partial charge in [0.15, 0.2) is 0 Å². The van der Waals surface area contributed by atoms with E-state index in [1.54, 1.807) is 11.9 Å². The van der Waals surface area contributed by atoms with Gasteiger partial charge >= 0.3 is 0 Å². The third kappa shape index (κ3) is 4.27. The third-order valence-corrected chi connectivity index (χ3v) is 2.77. The SMILES string of the molecule is CNCCC(=O)N1CCOCC1C(=O)NC(C)C. The van der Waals surface area contributed by atoms with Crippen molar-refractivity contribution in [2.24, 2.45) is 0 Å². The summed E-state index contributed by atoms with van der Waals surface area (Å²) in [5.74, 6) is -0.140. The van der Waals surface area contributed by atoms with E-state index < -0.39 is 6.04 Å². The number of rotatable bonds is 5. The highest BCUT2D eigenvalue weighted by Crippen LogP contribution is 2.09. The van der Waals surface area contributed by atoms with Crippen LogP contribution in [0.25, 0.3) is 0 Å². The molecule has 1 rings (SSSR count). The molecule has 0 aromatic heterocycles. The largest absolute Gasteiger partial charge is 0.377 e. The molecule has 1 aliphatic heterocycles. The average Bonchev–Trinajstić information content (AvgIpc) is 2.35. The van der Waals surface area contributed by atoms with Crippen LogP contribution >= 0.6 is 0 Å². The molecule has 6 nitrogen and oxygen atoms in total. The molecule has 0 radical (unpaired) electrons. The lowest BCUT2D eigenvalue weighted by atomic mass is 10.2. The number of morpholine rings is 1. The predicted octanol–water partition coefficient (Wildman–Crippen LogP) is -0.652. The smallest absolute Gasteiger partial charge is 0.245 e. The summed E-state index contributed by atoms with van der Waals surface area (Å²) >= 11 is 0. The summed E-state index contributed by atoms with van der Waals surface area (Å²) in [4.78, 5) is 25.6. The summed E-state index contributed by atoms with van der Waals surface area (Å²) in [6.45, 7) is 5.68. The molecule has 0 spiro atoms. The van der Waals surface area contributed by atoms with Gasteiger partial charge in [-0.25, -0.2) is 0 Å². The van der Waals surface area contributed by atoms with Gasteiger partial charge in [-0.3, -0.25) is 9.59 Å². The highest BCUT2D eigenvalue weighted by atomic mass is 16.5. The molecule has 1 saturated heterocycles. The molecule has 0 aromatic carbocycles. The van der Waals surface area contributed by atoms with E-state index in [0.717, 1.165) is 0 Å². The van der Waals surface area contributed by atoms with Gasteiger partial charge < -0.3 is 20.3 Å². The number of nitrogens with zero attached hydrogens (tertiary/aromatic N) is 1. The Morgan fingerprint density at radius 2 is 2.17 bits per heavy atom. The lowest BCUT2D eigenvalue weighted by Gasteiger charge is -2.35. The van der Waals surface area contributed by atoms with Gasteiger partial charge in [0.05, 0.1) is 13.2 Å². The molecule has 104 valence electrons. The van der Waals surface area contributed by atoms with E-state index in [9.17, 15) is 9.59 Å². The Bertz CT molecular complexity index is 294. The normalized spacial score (nSPS) is 20.0. The quantitative estimate of drug-likeness (QED) is 0.686. The van der Waals surface area contributed by atoms with Gasteiger partial charge in [-0.05, 0) is 20.9 Å². The molecule has 0 bridgehead atoms. The number of nitrogens with one attached hydrogen (secondary N) is 2. The van der Waals surface area contributed by atoms with Crippen LogP contribution in [-0.4, -0.2) is 62.1 Å². The molecular formula is C12H23N3O3. The summed E-state index contributed by atoms with van der Waals surface area (Å²) in [7, 11) is 1.80. The summed E-state index contributed by atoms with van der Waals surface area (Å²) in [6.07, 6.45) is 0.405. The van der Waals surface area contributed by atoms with Gasteiger partial charge in [-0.15, -0.1) is 0 Å². The van der Waals surface area contributed by atoms with Crippen LogP contribution < -0.4 is 10.6 Å². The van der Waals surface area contributed by atoms with Crippen LogP contribution in [0.2, 0.25) is 0 Å². The van der Waals surface area contributed by atoms with Crippen molar-refractivity contribution in [3.05, 3.63) is 0 Å². The number of carbonyl (C=O) groups is 2. The summed E-state index contributed by atoms with van der Waals surface area (Å²) < 4.78 is 5.30. The van der Waals surface area contributed by atoms with Crippen molar-refractivity contribution in [2.45, 2.75) is 32.4 Å². The molecule has 2 N–H and O–H groups in total. The van der Waals surface area contributed by atoms with E-state index in [2.05, 4.69) is 10.6 Å². The van der Waals surface area contributed by atoms with E-state index in [4.69, 9.17) is 4.74 Å². The Hall–Kier alpha value is -1.14. The highest BCUT2D eigenvalue weighted by molar-refractivity contribution is 5.88. The zero-order valence-electron chi connectivity index (χ0n) is 11.4. The van der Waals surface area contributed by atoms with Gasteiger partial charge in [0, 0.05) is 25.6 Å². The number of hydrogen-bond donors (Lipinski definition) is 2. The monoisotopic (exact) mass is 257 g/mol. The predicted molar refractivity (Wildman–Crippen MR) is 68.1 cm³/mol. The van der Waals surface area contributed by atoms with Crippen molar-refractivity contribution in [3.63, 3.8) is 0 Å². The fraction of sp³-hybridized carbons (Fsp3) is 0.833. The lowest BCUT2D eigenvalue weighted by Crippen LogP contribution is -2.57. The van der Waals surface area contributed by atoms with Crippen LogP contribution in [0.5, 0.6) is 0 Å². The molecule has 1 heterocycles. The van der Waals surface area contributed by atoms with Crippen LogP contribution in [0.4, 0.5) is 0 Å². The Kier molecular flexibility index (Phi) is 6.07. The van der Waals surface area contributed by atoms with Crippen molar-refractivity contribution in [1.29, 1.82) is 0 Å². The van der Waals surface area contributed by atoms with E-state index in [1.807, 2.05) is 13.8 Å². The van der Waals surface area contributed by atoms with Crippen molar-refractivity contribution >= 4 is 11.8 Å². The molecule has 1 unspecified atom stereocenters. The fourth-order valence-corrected chi connectivity index (χ4v) is 1.88. The lowest BCUT2D eigenvalue weighted by molar-refractivity contribution is -0.148. The Morgan fingerprint density at radius 1 is 1.44 bits per heavy atom. The van der Waals surface area contributed by atoms with E-state index in [0.29, 0.717) is 26.1 Å². The fourth-order valence-electron chi connectivity index (χ4n) is 1.88. The van der Waals surface area contributed by atoms with Crippen LogP contribution in [0.1, 0.15) is 20.3 Å². The topological polar surface area (TPSA) is 70.7 Å². The first-order valence-electron chi connectivity index (χ1n) is 6.38. The van der Waals surface area contributed by atoms with Crippen molar-refractivity contribution < 1.29 is 14.3 Å². The molecule has 1 atom stereocenters. The molecule has 0 saturated carbocycles. The minimum absolute atomic E-state index is 0.00319. The highest BCUT2D eigenvalue weighted by Gasteiger charge is 2.32. The van der Waals surface area contributed by atoms with Crippen molar-refractivity contribution in [2.75, 3.05) is 33.4 Å². The molecule has 1 fully saturated rings. The third-order valence-electron chi connectivity index (χ3n) is 2.77. The summed E-state index contributed by atoms with van der Waals surface area (Å²) in [5, 5.41) is 5.76. The zero-order valence-corrected chi connectivity index (χ0v) is 11.4. The first kappa shape index (κ1) is 14.9. The molecular weight excluding hydrogens is 234 g/mol. The van der Waals surface area contributed by atoms with Gasteiger partial charge in [0.1, 0.15) is 6.04 Å². The first-order chi connectivity index (χ1) is 8.56. The molecule has 2 amide bonds. The van der Waals surface area contributed by atoms with Crippen LogP contribution in [-0.2, 0) is 14.3 Å². The molecule has 0 aromatic rings. The molecule has 18 heavy (non-hydrogen) atoms. The summed E-state index contributed by atoms with van der Waals surface area (Å²) in [6, 6.07) is -0.431. The van der Waals surface area contributed by atoms with Crippen LogP contribution in [0.15, 0.2) is 0 Å². The Labute approximate surface area is 108 Å². The minimum Gasteiger partial charge on any atom is -0.377 e. The van der Waals surface area contributed by atoms with Crippen molar-refractivity contribution in [1.82, 2.24) is 15.5 Å². The van der Waals surface area contributed by atoms with Crippen LogP contribution in [0.3, 0.4) is 0 Å². The molecule has 6 heteroatoms. The Morgan fingerprint density at radius 3 is 2.78 bits per heavy atom. The Balaban J connectivity index is 2.61. The van der Waals surface area contributed by atoms with Gasteiger partial charge in [0.2, 0.25) is 11.8 Å². The van der Waals surface area contributed by atoms with Gasteiger partial charge in [0.25, 0.3) is 0 Å².